The number of hydrogen-bond donors (Lipinski definition) is 0. The molecule has 1 heteroatoms. The SMILES string of the molecule is Cc1cccc(C(C)(C)C[N+](C)(C)C)c1. The molecule has 0 aliphatic carbocycles. The van der Waals surface area contributed by atoms with Crippen molar-refractivity contribution in [1.82, 2.24) is 0 Å². The molecule has 84 valence electrons. The third kappa shape index (κ3) is 3.67. The molecule has 1 aromatic rings. The maximum absolute atomic E-state index is 2.32. The molecule has 0 amide bonds. The highest BCUT2D eigenvalue weighted by Crippen LogP contribution is 2.25. The summed E-state index contributed by atoms with van der Waals surface area (Å²) >= 11 is 0. The number of hydrogen-bond acceptors (Lipinski definition) is 0. The van der Waals surface area contributed by atoms with Crippen molar-refractivity contribution in [2.24, 2.45) is 0 Å². The summed E-state index contributed by atoms with van der Waals surface area (Å²) in [5, 5.41) is 0. The molecule has 0 bridgehead atoms. The Labute approximate surface area is 94.3 Å². The molecule has 1 nitrogen and oxygen atoms in total. The van der Waals surface area contributed by atoms with Gasteiger partial charge in [0.1, 0.15) is 0 Å². The Hall–Kier alpha value is -0.820. The van der Waals surface area contributed by atoms with Crippen LogP contribution in [-0.2, 0) is 5.41 Å². The van der Waals surface area contributed by atoms with E-state index in [0.717, 1.165) is 11.0 Å². The van der Waals surface area contributed by atoms with Crippen molar-refractivity contribution in [3.05, 3.63) is 35.4 Å². The van der Waals surface area contributed by atoms with Crippen LogP contribution in [0, 0.1) is 6.92 Å². The van der Waals surface area contributed by atoms with Crippen LogP contribution in [0.2, 0.25) is 0 Å². The molecule has 0 saturated heterocycles. The molecule has 1 aromatic carbocycles. The van der Waals surface area contributed by atoms with Gasteiger partial charge in [0.2, 0.25) is 0 Å². The summed E-state index contributed by atoms with van der Waals surface area (Å²) in [6, 6.07) is 8.85. The van der Waals surface area contributed by atoms with Gasteiger partial charge in [0, 0.05) is 5.41 Å². The molecule has 0 aliphatic rings. The van der Waals surface area contributed by atoms with Crippen molar-refractivity contribution in [3.8, 4) is 0 Å². The van der Waals surface area contributed by atoms with Crippen LogP contribution in [0.3, 0.4) is 0 Å². The fourth-order valence-electron chi connectivity index (χ4n) is 2.34. The standard InChI is InChI=1S/C14H24N/c1-12-8-7-9-13(10-12)14(2,3)11-15(4,5)6/h7-10H,11H2,1-6H3/q+1. The molecular formula is C14H24N+. The van der Waals surface area contributed by atoms with Gasteiger partial charge in [-0.1, -0.05) is 43.7 Å². The van der Waals surface area contributed by atoms with Gasteiger partial charge in [-0.05, 0) is 12.5 Å². The Morgan fingerprint density at radius 3 is 2.20 bits per heavy atom. The highest BCUT2D eigenvalue weighted by Gasteiger charge is 2.27. The molecule has 0 aromatic heterocycles. The lowest BCUT2D eigenvalue weighted by Gasteiger charge is -2.34. The second-order valence-corrected chi connectivity index (χ2v) is 6.20. The summed E-state index contributed by atoms with van der Waals surface area (Å²) in [5.41, 5.74) is 3.03. The maximum Gasteiger partial charge on any atom is 0.0873 e. The number of benzene rings is 1. The minimum atomic E-state index is 0.240. The van der Waals surface area contributed by atoms with Gasteiger partial charge < -0.3 is 4.48 Å². The van der Waals surface area contributed by atoms with Gasteiger partial charge in [0.15, 0.2) is 0 Å². The van der Waals surface area contributed by atoms with Gasteiger partial charge in [-0.25, -0.2) is 0 Å². The summed E-state index contributed by atoms with van der Waals surface area (Å²) in [4.78, 5) is 0. The van der Waals surface area contributed by atoms with Gasteiger partial charge in [-0.3, -0.25) is 0 Å². The smallest absolute Gasteiger partial charge is 0.0873 e. The molecule has 0 saturated carbocycles. The summed E-state index contributed by atoms with van der Waals surface area (Å²) < 4.78 is 1.00. The van der Waals surface area contributed by atoms with E-state index in [0.29, 0.717) is 0 Å². The fourth-order valence-corrected chi connectivity index (χ4v) is 2.34. The Balaban J connectivity index is 2.95. The summed E-state index contributed by atoms with van der Waals surface area (Å²) in [5.74, 6) is 0. The number of rotatable bonds is 3. The van der Waals surface area contributed by atoms with Crippen molar-refractivity contribution in [2.75, 3.05) is 27.7 Å². The molecule has 15 heavy (non-hydrogen) atoms. The Morgan fingerprint density at radius 1 is 1.13 bits per heavy atom. The van der Waals surface area contributed by atoms with Crippen LogP contribution in [0.1, 0.15) is 25.0 Å². The number of quaternary nitrogens is 1. The Morgan fingerprint density at radius 2 is 1.73 bits per heavy atom. The lowest BCUT2D eigenvalue weighted by molar-refractivity contribution is -0.874. The first-order valence-electron chi connectivity index (χ1n) is 5.58. The van der Waals surface area contributed by atoms with E-state index in [1.165, 1.54) is 11.1 Å². The van der Waals surface area contributed by atoms with E-state index in [-0.39, 0.29) is 5.41 Å². The number of likely N-dealkylation sites (N-methyl/N-ethyl adjacent to an activating group) is 1. The lowest BCUT2D eigenvalue weighted by Crippen LogP contribution is -2.44. The fraction of sp³-hybridized carbons (Fsp3) is 0.571. The molecule has 0 radical (unpaired) electrons. The van der Waals surface area contributed by atoms with Crippen LogP contribution in [0.25, 0.3) is 0 Å². The van der Waals surface area contributed by atoms with Crippen molar-refractivity contribution < 1.29 is 4.48 Å². The molecular weight excluding hydrogens is 182 g/mol. The van der Waals surface area contributed by atoms with Crippen molar-refractivity contribution >= 4 is 0 Å². The molecule has 0 unspecified atom stereocenters. The number of aryl methyl sites for hydroxylation is 1. The van der Waals surface area contributed by atoms with Gasteiger partial charge in [-0.2, -0.15) is 0 Å². The Bertz CT molecular complexity index is 331. The van der Waals surface area contributed by atoms with Crippen molar-refractivity contribution in [1.29, 1.82) is 0 Å². The average Bonchev–Trinajstić information content (AvgIpc) is 1.99. The average molecular weight is 206 g/mol. The molecule has 0 atom stereocenters. The zero-order valence-corrected chi connectivity index (χ0v) is 11.0. The first-order valence-corrected chi connectivity index (χ1v) is 5.58. The molecule has 0 N–H and O–H groups in total. The lowest BCUT2D eigenvalue weighted by atomic mass is 9.83. The molecule has 0 fully saturated rings. The van der Waals surface area contributed by atoms with E-state index in [1.54, 1.807) is 0 Å². The molecule has 0 heterocycles. The molecule has 0 aliphatic heterocycles. The second-order valence-electron chi connectivity index (χ2n) is 6.20. The quantitative estimate of drug-likeness (QED) is 0.667. The zero-order valence-electron chi connectivity index (χ0n) is 11.0. The minimum Gasteiger partial charge on any atom is -0.330 e. The summed E-state index contributed by atoms with van der Waals surface area (Å²) in [7, 11) is 6.74. The number of nitrogens with zero attached hydrogens (tertiary/aromatic N) is 1. The van der Waals surface area contributed by atoms with Gasteiger partial charge in [0.05, 0.1) is 27.7 Å². The zero-order chi connectivity index (χ0) is 11.7. The summed E-state index contributed by atoms with van der Waals surface area (Å²) in [6.45, 7) is 7.96. The van der Waals surface area contributed by atoms with Crippen molar-refractivity contribution in [2.45, 2.75) is 26.2 Å². The van der Waals surface area contributed by atoms with E-state index in [2.05, 4.69) is 66.2 Å². The monoisotopic (exact) mass is 206 g/mol. The normalized spacial score (nSPS) is 12.9. The van der Waals surface area contributed by atoms with Crippen LogP contribution >= 0.6 is 0 Å². The minimum absolute atomic E-state index is 0.240. The van der Waals surface area contributed by atoms with Crippen LogP contribution in [0.15, 0.2) is 24.3 Å². The molecule has 1 rings (SSSR count). The van der Waals surface area contributed by atoms with Gasteiger partial charge >= 0.3 is 0 Å². The van der Waals surface area contributed by atoms with Gasteiger partial charge in [-0.15, -0.1) is 0 Å². The first-order chi connectivity index (χ1) is 6.71. The van der Waals surface area contributed by atoms with Crippen LogP contribution in [-0.4, -0.2) is 32.2 Å². The van der Waals surface area contributed by atoms with Crippen LogP contribution in [0.5, 0.6) is 0 Å². The molecule has 0 spiro atoms. The van der Waals surface area contributed by atoms with E-state index in [9.17, 15) is 0 Å². The van der Waals surface area contributed by atoms with E-state index in [1.807, 2.05) is 0 Å². The highest BCUT2D eigenvalue weighted by atomic mass is 15.3. The van der Waals surface area contributed by atoms with E-state index < -0.39 is 0 Å². The maximum atomic E-state index is 2.32. The predicted molar refractivity (Wildman–Crippen MR) is 67.1 cm³/mol. The van der Waals surface area contributed by atoms with E-state index >= 15 is 0 Å². The third-order valence-corrected chi connectivity index (χ3v) is 2.67. The Kier molecular flexibility index (Phi) is 3.25. The van der Waals surface area contributed by atoms with Gasteiger partial charge in [0.25, 0.3) is 0 Å². The topological polar surface area (TPSA) is 0 Å². The van der Waals surface area contributed by atoms with Crippen LogP contribution < -0.4 is 0 Å². The summed E-state index contributed by atoms with van der Waals surface area (Å²) in [6.07, 6.45) is 0. The van der Waals surface area contributed by atoms with E-state index in [4.69, 9.17) is 0 Å². The highest BCUT2D eigenvalue weighted by molar-refractivity contribution is 5.28. The predicted octanol–water partition coefficient (Wildman–Crippen LogP) is 2.98. The second kappa shape index (κ2) is 3.97. The first kappa shape index (κ1) is 12.3. The largest absolute Gasteiger partial charge is 0.330 e. The van der Waals surface area contributed by atoms with Crippen LogP contribution in [0.4, 0.5) is 0 Å². The third-order valence-electron chi connectivity index (χ3n) is 2.67. The van der Waals surface area contributed by atoms with Crippen molar-refractivity contribution in [3.63, 3.8) is 0 Å².